The summed E-state index contributed by atoms with van der Waals surface area (Å²) in [4.78, 5) is 0. The van der Waals surface area contributed by atoms with Crippen molar-refractivity contribution < 1.29 is 0 Å². The molecule has 0 saturated heterocycles. The van der Waals surface area contributed by atoms with Crippen molar-refractivity contribution in [3.8, 4) is 6.07 Å². The quantitative estimate of drug-likeness (QED) is 0.537. The Hall–Kier alpha value is -2.53. The third kappa shape index (κ3) is 8.48. The Morgan fingerprint density at radius 2 is 1.83 bits per heavy atom. The van der Waals surface area contributed by atoms with Crippen molar-refractivity contribution in [2.75, 3.05) is 11.9 Å². The van der Waals surface area contributed by atoms with Gasteiger partial charge in [0.05, 0.1) is 6.07 Å². The number of benzene rings is 1. The number of nitrogens with one attached hydrogen (secondary N) is 1. The molecule has 0 aliphatic heterocycles. The fourth-order valence-corrected chi connectivity index (χ4v) is 1.82. The highest BCUT2D eigenvalue weighted by Gasteiger charge is 2.03. The van der Waals surface area contributed by atoms with E-state index in [0.717, 1.165) is 23.4 Å². The van der Waals surface area contributed by atoms with Crippen LogP contribution < -0.4 is 5.32 Å². The lowest BCUT2D eigenvalue weighted by atomic mass is 9.95. The Bertz CT molecular complexity index is 630. The monoisotopic (exact) mass is 306 g/mol. The summed E-state index contributed by atoms with van der Waals surface area (Å²) in [5.41, 5.74) is 3.28. The second-order valence-corrected chi connectivity index (χ2v) is 6.34. The van der Waals surface area contributed by atoms with Crippen molar-refractivity contribution >= 4 is 11.8 Å². The third-order valence-electron chi connectivity index (χ3n) is 2.99. The van der Waals surface area contributed by atoms with Crippen LogP contribution >= 0.6 is 0 Å². The Balaban J connectivity index is 2.70. The van der Waals surface area contributed by atoms with E-state index in [1.165, 1.54) is 0 Å². The van der Waals surface area contributed by atoms with Gasteiger partial charge in [0.1, 0.15) is 0 Å². The van der Waals surface area contributed by atoms with Crippen molar-refractivity contribution in [3.63, 3.8) is 0 Å². The summed E-state index contributed by atoms with van der Waals surface area (Å²) < 4.78 is 0. The molecule has 120 valence electrons. The van der Waals surface area contributed by atoms with Crippen LogP contribution in [0.25, 0.3) is 6.08 Å². The second-order valence-electron chi connectivity index (χ2n) is 6.34. The van der Waals surface area contributed by atoms with Crippen LogP contribution in [-0.4, -0.2) is 6.54 Å². The lowest BCUT2D eigenvalue weighted by Crippen LogP contribution is -1.98. The Labute approximate surface area is 140 Å². The van der Waals surface area contributed by atoms with Crippen molar-refractivity contribution in [2.45, 2.75) is 27.7 Å². The predicted molar refractivity (Wildman–Crippen MR) is 101 cm³/mol. The van der Waals surface area contributed by atoms with Crippen molar-refractivity contribution in [1.29, 1.82) is 5.26 Å². The first-order valence-electron chi connectivity index (χ1n) is 7.92. The normalized spacial score (nSPS) is 13.1. The van der Waals surface area contributed by atoms with Crippen LogP contribution in [0.2, 0.25) is 0 Å². The summed E-state index contributed by atoms with van der Waals surface area (Å²) in [6.45, 7) is 9.41. The van der Waals surface area contributed by atoms with Gasteiger partial charge in [0, 0.05) is 18.3 Å². The lowest BCUT2D eigenvalue weighted by Gasteiger charge is -2.10. The average Bonchev–Trinajstić information content (AvgIpc) is 2.50. The number of anilines is 1. The van der Waals surface area contributed by atoms with Gasteiger partial charge in [-0.15, -0.1) is 0 Å². The van der Waals surface area contributed by atoms with Crippen LogP contribution in [0.4, 0.5) is 5.69 Å². The zero-order chi connectivity index (χ0) is 17.1. The summed E-state index contributed by atoms with van der Waals surface area (Å²) >= 11 is 0. The van der Waals surface area contributed by atoms with E-state index in [-0.39, 0.29) is 5.41 Å². The molecule has 0 fully saturated rings. The molecule has 1 aromatic rings. The van der Waals surface area contributed by atoms with Crippen LogP contribution in [0.3, 0.4) is 0 Å². The molecule has 2 heteroatoms. The zero-order valence-corrected chi connectivity index (χ0v) is 14.5. The molecule has 0 amide bonds. The molecule has 0 aliphatic carbocycles. The first kappa shape index (κ1) is 18.5. The molecule has 2 nitrogen and oxygen atoms in total. The molecule has 0 aromatic heterocycles. The fraction of sp³-hybridized carbons (Fsp3) is 0.286. The predicted octanol–water partition coefficient (Wildman–Crippen LogP) is 5.74. The number of hydrogen-bond acceptors (Lipinski definition) is 2. The van der Waals surface area contributed by atoms with Gasteiger partial charge in [-0.05, 0) is 35.6 Å². The lowest BCUT2D eigenvalue weighted by molar-refractivity contribution is 0.544. The van der Waals surface area contributed by atoms with Gasteiger partial charge in [0.15, 0.2) is 0 Å². The van der Waals surface area contributed by atoms with Crippen LogP contribution in [0.1, 0.15) is 33.3 Å². The Kier molecular flexibility index (Phi) is 7.63. The van der Waals surface area contributed by atoms with Gasteiger partial charge in [-0.1, -0.05) is 69.4 Å². The molecule has 0 aliphatic rings. The average molecular weight is 306 g/mol. The van der Waals surface area contributed by atoms with Crippen LogP contribution in [-0.2, 0) is 0 Å². The van der Waals surface area contributed by atoms with E-state index in [1.807, 2.05) is 30.4 Å². The third-order valence-corrected chi connectivity index (χ3v) is 2.99. The number of rotatable bonds is 6. The minimum Gasteiger partial charge on any atom is -0.385 e. The number of hydrogen-bond donors (Lipinski definition) is 1. The highest BCUT2D eigenvalue weighted by atomic mass is 14.8. The molecule has 0 saturated carbocycles. The Morgan fingerprint density at radius 1 is 1.13 bits per heavy atom. The molecular weight excluding hydrogens is 280 g/mol. The molecule has 1 aromatic carbocycles. The highest BCUT2D eigenvalue weighted by Crippen LogP contribution is 2.16. The van der Waals surface area contributed by atoms with Crippen LogP contribution in [0, 0.1) is 16.7 Å². The van der Waals surface area contributed by atoms with Gasteiger partial charge in [0.2, 0.25) is 0 Å². The molecule has 0 heterocycles. The molecule has 1 N–H and O–H groups in total. The molecule has 0 radical (unpaired) electrons. The van der Waals surface area contributed by atoms with Gasteiger partial charge in [-0.25, -0.2) is 0 Å². The van der Waals surface area contributed by atoms with E-state index in [0.29, 0.717) is 0 Å². The largest absolute Gasteiger partial charge is 0.385 e. The van der Waals surface area contributed by atoms with Gasteiger partial charge >= 0.3 is 0 Å². The molecule has 23 heavy (non-hydrogen) atoms. The minimum absolute atomic E-state index is 0.104. The van der Waals surface area contributed by atoms with E-state index in [9.17, 15) is 0 Å². The SMILES string of the molecule is CCNc1ccc(/C=C/C=C/C(=C/C#N)/C=C/C(C)(C)C)cc1. The standard InChI is InChI=1S/C21H26N2/c1-5-23-20-12-10-18(11-13-20)8-6-7-9-19(15-17-22)14-16-21(2,3)4/h6-16,23H,5H2,1-4H3/b8-6+,9-7+,16-14+,19-15-. The maximum absolute atomic E-state index is 8.85. The van der Waals surface area contributed by atoms with Crippen LogP contribution in [0.15, 0.2) is 66.3 Å². The van der Waals surface area contributed by atoms with Gasteiger partial charge < -0.3 is 5.32 Å². The van der Waals surface area contributed by atoms with Crippen molar-refractivity contribution in [1.82, 2.24) is 0 Å². The highest BCUT2D eigenvalue weighted by molar-refractivity contribution is 5.56. The summed E-state index contributed by atoms with van der Waals surface area (Å²) in [5.74, 6) is 0. The van der Waals surface area contributed by atoms with E-state index in [2.05, 4.69) is 69.4 Å². The first-order valence-corrected chi connectivity index (χ1v) is 7.92. The molecule has 1 rings (SSSR count). The number of nitrogens with zero attached hydrogens (tertiary/aromatic N) is 1. The van der Waals surface area contributed by atoms with Crippen molar-refractivity contribution in [2.24, 2.45) is 5.41 Å². The topological polar surface area (TPSA) is 35.8 Å². The van der Waals surface area contributed by atoms with Gasteiger partial charge in [0.25, 0.3) is 0 Å². The van der Waals surface area contributed by atoms with Crippen LogP contribution in [0.5, 0.6) is 0 Å². The zero-order valence-electron chi connectivity index (χ0n) is 14.5. The summed E-state index contributed by atoms with van der Waals surface area (Å²) in [6, 6.07) is 10.4. The smallest absolute Gasteiger partial charge is 0.0918 e. The molecule has 0 spiro atoms. The number of allylic oxidation sites excluding steroid dienone is 7. The molecule has 0 bridgehead atoms. The van der Waals surface area contributed by atoms with Gasteiger partial charge in [-0.3, -0.25) is 0 Å². The number of nitriles is 1. The van der Waals surface area contributed by atoms with Crippen molar-refractivity contribution in [3.05, 3.63) is 71.9 Å². The molecule has 0 unspecified atom stereocenters. The molecular formula is C21H26N2. The fourth-order valence-electron chi connectivity index (χ4n) is 1.82. The summed E-state index contributed by atoms with van der Waals surface area (Å²) in [5, 5.41) is 12.1. The summed E-state index contributed by atoms with van der Waals surface area (Å²) in [6.07, 6.45) is 13.6. The minimum atomic E-state index is 0.104. The summed E-state index contributed by atoms with van der Waals surface area (Å²) in [7, 11) is 0. The first-order chi connectivity index (χ1) is 10.9. The molecule has 0 atom stereocenters. The van der Waals surface area contributed by atoms with E-state index in [1.54, 1.807) is 6.08 Å². The maximum Gasteiger partial charge on any atom is 0.0918 e. The van der Waals surface area contributed by atoms with E-state index >= 15 is 0 Å². The second kappa shape index (κ2) is 9.48. The maximum atomic E-state index is 8.85. The van der Waals surface area contributed by atoms with Gasteiger partial charge in [-0.2, -0.15) is 5.26 Å². The van der Waals surface area contributed by atoms with E-state index < -0.39 is 0 Å². The van der Waals surface area contributed by atoms with E-state index in [4.69, 9.17) is 5.26 Å². The Morgan fingerprint density at radius 3 is 2.39 bits per heavy atom.